The summed E-state index contributed by atoms with van der Waals surface area (Å²) in [6.07, 6.45) is 0.682. The maximum atomic E-state index is 13.6. The number of phenols is 1. The smallest absolute Gasteiger partial charge is 0.273 e. The first-order valence-corrected chi connectivity index (χ1v) is 11.8. The largest absolute Gasteiger partial charge is 0.507 e. The van der Waals surface area contributed by atoms with Crippen LogP contribution < -0.4 is 4.74 Å². The summed E-state index contributed by atoms with van der Waals surface area (Å²) in [5.41, 5.74) is 6.24. The Bertz CT molecular complexity index is 1390. The van der Waals surface area contributed by atoms with E-state index in [0.717, 1.165) is 33.6 Å². The molecule has 0 fully saturated rings. The van der Waals surface area contributed by atoms with E-state index in [-0.39, 0.29) is 17.7 Å². The van der Waals surface area contributed by atoms with Gasteiger partial charge in [0.15, 0.2) is 0 Å². The van der Waals surface area contributed by atoms with Crippen LogP contribution in [0.4, 0.5) is 0 Å². The van der Waals surface area contributed by atoms with Gasteiger partial charge in [-0.1, -0.05) is 41.9 Å². The minimum atomic E-state index is -0.359. The van der Waals surface area contributed by atoms with E-state index in [1.54, 1.807) is 7.11 Å². The molecule has 178 valence electrons. The predicted octanol–water partition coefficient (Wildman–Crippen LogP) is 5.85. The molecule has 3 aromatic carbocycles. The van der Waals surface area contributed by atoms with Crippen LogP contribution in [0.3, 0.4) is 0 Å². The Morgan fingerprint density at radius 3 is 2.49 bits per heavy atom. The van der Waals surface area contributed by atoms with Crippen LogP contribution in [0, 0.1) is 13.8 Å². The number of hydrogen-bond acceptors (Lipinski definition) is 4. The number of carbonyl (C=O) groups is 1. The standard InChI is InChI=1S/C28H26ClN3O3/c1-16-14-17(2)27(33)22(15-16)24-23-25(31-30-24)28(34)32(26(23)19-6-8-20(29)9-7-19)13-12-18-4-10-21(35-3)11-5-18/h4-11,14-15,26,33H,12-13H2,1-3H3,(H,30,31). The van der Waals surface area contributed by atoms with Gasteiger partial charge >= 0.3 is 0 Å². The maximum absolute atomic E-state index is 13.6. The van der Waals surface area contributed by atoms with Crippen LogP contribution in [0.2, 0.25) is 5.02 Å². The van der Waals surface area contributed by atoms with Crippen molar-refractivity contribution in [1.29, 1.82) is 0 Å². The Morgan fingerprint density at radius 2 is 1.80 bits per heavy atom. The topological polar surface area (TPSA) is 78.5 Å². The Kier molecular flexibility index (Phi) is 5.99. The molecule has 35 heavy (non-hydrogen) atoms. The molecule has 1 unspecified atom stereocenters. The molecule has 2 N–H and O–H groups in total. The zero-order valence-corrected chi connectivity index (χ0v) is 20.6. The molecule has 6 nitrogen and oxygen atoms in total. The highest BCUT2D eigenvalue weighted by atomic mass is 35.5. The van der Waals surface area contributed by atoms with Gasteiger partial charge in [0.2, 0.25) is 0 Å². The molecule has 4 aromatic rings. The lowest BCUT2D eigenvalue weighted by atomic mass is 9.94. The molecule has 0 saturated carbocycles. The molecule has 0 saturated heterocycles. The number of aromatic nitrogens is 2. The number of phenolic OH excluding ortho intramolecular Hbond substituents is 1. The molecule has 2 heterocycles. The Labute approximate surface area is 209 Å². The average Bonchev–Trinajstić information content (AvgIpc) is 3.40. The summed E-state index contributed by atoms with van der Waals surface area (Å²) in [6.45, 7) is 4.35. The fourth-order valence-electron chi connectivity index (χ4n) is 4.81. The third kappa shape index (κ3) is 4.15. The van der Waals surface area contributed by atoms with E-state index >= 15 is 0 Å². The number of nitrogens with zero attached hydrogens (tertiary/aromatic N) is 2. The number of halogens is 1. The van der Waals surface area contributed by atoms with Crippen molar-refractivity contribution in [1.82, 2.24) is 15.1 Å². The second-order valence-electron chi connectivity index (χ2n) is 8.89. The number of rotatable bonds is 6. The normalized spacial score (nSPS) is 14.9. The van der Waals surface area contributed by atoms with Crippen LogP contribution in [0.5, 0.6) is 11.5 Å². The van der Waals surface area contributed by atoms with Gasteiger partial charge in [-0.05, 0) is 72.9 Å². The van der Waals surface area contributed by atoms with Gasteiger partial charge in [-0.15, -0.1) is 0 Å². The first kappa shape index (κ1) is 23.0. The number of aryl methyl sites for hydroxylation is 2. The number of aromatic amines is 1. The lowest BCUT2D eigenvalue weighted by Gasteiger charge is -2.26. The van der Waals surface area contributed by atoms with E-state index in [4.69, 9.17) is 16.3 Å². The van der Waals surface area contributed by atoms with Crippen LogP contribution in [-0.2, 0) is 6.42 Å². The highest BCUT2D eigenvalue weighted by Gasteiger charge is 2.42. The fraction of sp³-hybridized carbons (Fsp3) is 0.214. The zero-order valence-electron chi connectivity index (χ0n) is 19.8. The number of fused-ring (bicyclic) bond motifs is 1. The van der Waals surface area contributed by atoms with Gasteiger partial charge in [-0.25, -0.2) is 0 Å². The van der Waals surface area contributed by atoms with Crippen molar-refractivity contribution in [3.05, 3.63) is 99.2 Å². The number of carbonyl (C=O) groups excluding carboxylic acids is 1. The molecule has 7 heteroatoms. The number of amides is 1. The summed E-state index contributed by atoms with van der Waals surface area (Å²) in [6, 6.07) is 18.9. The van der Waals surface area contributed by atoms with E-state index in [1.807, 2.05) is 79.4 Å². The molecule has 1 aliphatic heterocycles. The van der Waals surface area contributed by atoms with Crippen LogP contribution >= 0.6 is 11.6 Å². The third-order valence-corrected chi connectivity index (χ3v) is 6.80. The average molecular weight is 488 g/mol. The molecule has 1 atom stereocenters. The third-order valence-electron chi connectivity index (χ3n) is 6.55. The summed E-state index contributed by atoms with van der Waals surface area (Å²) in [5, 5.41) is 18.9. The first-order valence-electron chi connectivity index (χ1n) is 11.5. The molecular formula is C28H26ClN3O3. The van der Waals surface area contributed by atoms with E-state index in [9.17, 15) is 9.90 Å². The number of nitrogens with one attached hydrogen (secondary N) is 1. The van der Waals surface area contributed by atoms with Gasteiger partial charge in [0.1, 0.15) is 22.9 Å². The van der Waals surface area contributed by atoms with E-state index in [2.05, 4.69) is 10.2 Å². The van der Waals surface area contributed by atoms with Gasteiger partial charge in [0.05, 0.1) is 13.2 Å². The molecule has 0 spiro atoms. The van der Waals surface area contributed by atoms with E-state index < -0.39 is 0 Å². The molecule has 0 bridgehead atoms. The molecule has 5 rings (SSSR count). The number of methoxy groups -OCH3 is 1. The van der Waals surface area contributed by atoms with Gasteiger partial charge in [-0.3, -0.25) is 9.89 Å². The lowest BCUT2D eigenvalue weighted by molar-refractivity contribution is 0.0746. The van der Waals surface area contributed by atoms with Gasteiger partial charge in [0, 0.05) is 22.7 Å². The Balaban J connectivity index is 1.57. The van der Waals surface area contributed by atoms with E-state index in [0.29, 0.717) is 34.9 Å². The van der Waals surface area contributed by atoms with Crippen LogP contribution in [0.15, 0.2) is 60.7 Å². The minimum Gasteiger partial charge on any atom is -0.507 e. The molecular weight excluding hydrogens is 462 g/mol. The van der Waals surface area contributed by atoms with Crippen molar-refractivity contribution >= 4 is 17.5 Å². The van der Waals surface area contributed by atoms with Crippen molar-refractivity contribution in [3.63, 3.8) is 0 Å². The summed E-state index contributed by atoms with van der Waals surface area (Å²) >= 11 is 6.17. The molecule has 0 radical (unpaired) electrons. The highest BCUT2D eigenvalue weighted by molar-refractivity contribution is 6.30. The summed E-state index contributed by atoms with van der Waals surface area (Å²) in [5.74, 6) is 0.851. The van der Waals surface area contributed by atoms with Gasteiger partial charge in [0.25, 0.3) is 5.91 Å². The molecule has 1 aromatic heterocycles. The van der Waals surface area contributed by atoms with Crippen molar-refractivity contribution in [3.8, 4) is 22.8 Å². The number of benzene rings is 3. The first-order chi connectivity index (χ1) is 16.9. The zero-order chi connectivity index (χ0) is 24.7. The van der Waals surface area contributed by atoms with Crippen molar-refractivity contribution in [2.75, 3.05) is 13.7 Å². The van der Waals surface area contributed by atoms with Gasteiger partial charge < -0.3 is 14.7 Å². The predicted molar refractivity (Wildman–Crippen MR) is 136 cm³/mol. The number of aromatic hydroxyl groups is 1. The number of H-pyrrole nitrogens is 1. The SMILES string of the molecule is COc1ccc(CCN2C(=O)c3[nH]nc(-c4cc(C)cc(C)c4O)c3C2c2ccc(Cl)cc2)cc1. The van der Waals surface area contributed by atoms with Crippen LogP contribution in [-0.4, -0.2) is 39.8 Å². The Morgan fingerprint density at radius 1 is 1.09 bits per heavy atom. The van der Waals surface area contributed by atoms with Crippen molar-refractivity contribution in [2.24, 2.45) is 0 Å². The molecule has 1 amide bonds. The second kappa shape index (κ2) is 9.12. The van der Waals surface area contributed by atoms with Crippen molar-refractivity contribution < 1.29 is 14.6 Å². The second-order valence-corrected chi connectivity index (χ2v) is 9.33. The van der Waals surface area contributed by atoms with Crippen LogP contribution in [0.25, 0.3) is 11.3 Å². The van der Waals surface area contributed by atoms with E-state index in [1.165, 1.54) is 0 Å². The summed E-state index contributed by atoms with van der Waals surface area (Å²) in [7, 11) is 1.64. The number of hydrogen-bond donors (Lipinski definition) is 2. The molecule has 0 aliphatic carbocycles. The fourth-order valence-corrected chi connectivity index (χ4v) is 4.93. The maximum Gasteiger partial charge on any atom is 0.273 e. The summed E-state index contributed by atoms with van der Waals surface area (Å²) in [4.78, 5) is 15.4. The Hall–Kier alpha value is -3.77. The van der Waals surface area contributed by atoms with Gasteiger partial charge in [-0.2, -0.15) is 5.10 Å². The quantitative estimate of drug-likeness (QED) is 0.357. The monoisotopic (exact) mass is 487 g/mol. The highest BCUT2D eigenvalue weighted by Crippen LogP contribution is 2.45. The van der Waals surface area contributed by atoms with Crippen molar-refractivity contribution in [2.45, 2.75) is 26.3 Å². The summed E-state index contributed by atoms with van der Waals surface area (Å²) < 4.78 is 5.26. The van der Waals surface area contributed by atoms with Crippen LogP contribution in [0.1, 0.15) is 44.3 Å². The molecule has 1 aliphatic rings. The number of ether oxygens (including phenoxy) is 1. The minimum absolute atomic E-state index is 0.115. The lowest BCUT2D eigenvalue weighted by Crippen LogP contribution is -2.31.